The van der Waals surface area contributed by atoms with Crippen molar-refractivity contribution in [3.05, 3.63) is 54.2 Å². The van der Waals surface area contributed by atoms with Gasteiger partial charge in [0.2, 0.25) is 5.89 Å². The molecular formula is C18H21N7O2. The maximum Gasteiger partial charge on any atom is 0.318 e. The largest absolute Gasteiger partial charge is 0.339 e. The fourth-order valence-electron chi connectivity index (χ4n) is 2.82. The first-order chi connectivity index (χ1) is 13.2. The van der Waals surface area contributed by atoms with E-state index in [0.29, 0.717) is 37.3 Å². The number of hydrogen-bond donors (Lipinski definition) is 1. The van der Waals surface area contributed by atoms with Gasteiger partial charge in [-0.2, -0.15) is 10.1 Å². The molecule has 27 heavy (non-hydrogen) atoms. The van der Waals surface area contributed by atoms with E-state index in [0.717, 1.165) is 24.1 Å². The van der Waals surface area contributed by atoms with Gasteiger partial charge in [0.15, 0.2) is 5.82 Å². The Morgan fingerprint density at radius 1 is 1.37 bits per heavy atom. The molecule has 1 fully saturated rings. The molecule has 9 nitrogen and oxygen atoms in total. The molecule has 1 aromatic carbocycles. The Balaban J connectivity index is 1.39. The van der Waals surface area contributed by atoms with Gasteiger partial charge in [-0.1, -0.05) is 23.4 Å². The minimum absolute atomic E-state index is 0.177. The Labute approximate surface area is 156 Å². The smallest absolute Gasteiger partial charge is 0.318 e. The second kappa shape index (κ2) is 7.56. The highest BCUT2D eigenvalue weighted by Gasteiger charge is 2.30. The zero-order valence-corrected chi connectivity index (χ0v) is 15.1. The van der Waals surface area contributed by atoms with Gasteiger partial charge in [0, 0.05) is 19.0 Å². The van der Waals surface area contributed by atoms with Gasteiger partial charge in [-0.25, -0.2) is 14.5 Å². The summed E-state index contributed by atoms with van der Waals surface area (Å²) in [7, 11) is 0. The minimum atomic E-state index is -0.177. The SMILES string of the molecule is CCN(Cc1noc(C2CC2)n1)C(=O)NCc1ccccc1-n1cncn1. The summed E-state index contributed by atoms with van der Waals surface area (Å²) in [5.41, 5.74) is 1.83. The first-order valence-electron chi connectivity index (χ1n) is 9.02. The van der Waals surface area contributed by atoms with Crippen LogP contribution in [0.4, 0.5) is 4.79 Å². The topological polar surface area (TPSA) is 102 Å². The molecule has 9 heteroatoms. The van der Waals surface area contributed by atoms with Gasteiger partial charge in [-0.15, -0.1) is 0 Å². The number of rotatable bonds is 7. The molecule has 0 unspecified atom stereocenters. The molecule has 2 aromatic heterocycles. The molecule has 1 saturated carbocycles. The van der Waals surface area contributed by atoms with E-state index in [4.69, 9.17) is 4.52 Å². The van der Waals surface area contributed by atoms with Crippen LogP contribution in [0.1, 0.15) is 43.0 Å². The van der Waals surface area contributed by atoms with Crippen LogP contribution < -0.4 is 5.32 Å². The molecule has 140 valence electrons. The molecule has 0 spiro atoms. The quantitative estimate of drug-likeness (QED) is 0.687. The Morgan fingerprint density at radius 2 is 2.22 bits per heavy atom. The summed E-state index contributed by atoms with van der Waals surface area (Å²) >= 11 is 0. The number of carbonyl (C=O) groups excluding carboxylic acids is 1. The predicted octanol–water partition coefficient (Wildman–Crippen LogP) is 2.26. The first-order valence-corrected chi connectivity index (χ1v) is 9.02. The average molecular weight is 367 g/mol. The maximum atomic E-state index is 12.6. The second-order valence-electron chi connectivity index (χ2n) is 6.46. The van der Waals surface area contributed by atoms with Crippen molar-refractivity contribution in [2.24, 2.45) is 0 Å². The Hall–Kier alpha value is -3.23. The molecule has 0 radical (unpaired) electrons. The lowest BCUT2D eigenvalue weighted by Crippen LogP contribution is -2.39. The fraction of sp³-hybridized carbons (Fsp3) is 0.389. The third-order valence-corrected chi connectivity index (χ3v) is 4.50. The van der Waals surface area contributed by atoms with E-state index >= 15 is 0 Å². The lowest BCUT2D eigenvalue weighted by atomic mass is 10.2. The Kier molecular flexibility index (Phi) is 4.82. The van der Waals surface area contributed by atoms with Crippen molar-refractivity contribution in [1.29, 1.82) is 0 Å². The van der Waals surface area contributed by atoms with Crippen LogP contribution in [0.15, 0.2) is 41.4 Å². The summed E-state index contributed by atoms with van der Waals surface area (Å²) in [4.78, 5) is 22.6. The predicted molar refractivity (Wildman–Crippen MR) is 96.0 cm³/mol. The van der Waals surface area contributed by atoms with E-state index in [2.05, 4.69) is 25.5 Å². The van der Waals surface area contributed by atoms with Crippen molar-refractivity contribution >= 4 is 6.03 Å². The number of urea groups is 1. The minimum Gasteiger partial charge on any atom is -0.339 e. The number of nitrogens with one attached hydrogen (secondary N) is 1. The summed E-state index contributed by atoms with van der Waals surface area (Å²) in [5.74, 6) is 1.63. The van der Waals surface area contributed by atoms with Crippen LogP contribution in [-0.2, 0) is 13.1 Å². The van der Waals surface area contributed by atoms with Crippen LogP contribution in [-0.4, -0.2) is 42.4 Å². The molecule has 2 heterocycles. The van der Waals surface area contributed by atoms with Gasteiger partial charge in [-0.3, -0.25) is 0 Å². The standard InChI is InChI=1S/C18H21N7O2/c1-2-24(10-16-22-17(27-23-16)13-7-8-13)18(26)20-9-14-5-3-4-6-15(14)25-12-19-11-21-25/h3-6,11-13H,2,7-10H2,1H3,(H,20,26). The van der Waals surface area contributed by atoms with E-state index in [1.54, 1.807) is 15.9 Å². The van der Waals surface area contributed by atoms with Crippen LogP contribution in [0.3, 0.4) is 0 Å². The molecule has 0 saturated heterocycles. The molecule has 3 aromatic rings. The number of benzene rings is 1. The van der Waals surface area contributed by atoms with Crippen LogP contribution in [0, 0.1) is 0 Å². The summed E-state index contributed by atoms with van der Waals surface area (Å²) in [6.07, 6.45) is 5.32. The van der Waals surface area contributed by atoms with Crippen molar-refractivity contribution < 1.29 is 9.32 Å². The van der Waals surface area contributed by atoms with Crippen molar-refractivity contribution in [2.75, 3.05) is 6.54 Å². The highest BCUT2D eigenvalue weighted by atomic mass is 16.5. The molecule has 0 aliphatic heterocycles. The first kappa shape index (κ1) is 17.2. The van der Waals surface area contributed by atoms with Crippen LogP contribution >= 0.6 is 0 Å². The monoisotopic (exact) mass is 367 g/mol. The second-order valence-corrected chi connectivity index (χ2v) is 6.46. The van der Waals surface area contributed by atoms with Crippen molar-refractivity contribution in [3.8, 4) is 5.69 Å². The van der Waals surface area contributed by atoms with Crippen molar-refractivity contribution in [1.82, 2.24) is 35.1 Å². The van der Waals surface area contributed by atoms with Crippen LogP contribution in [0.2, 0.25) is 0 Å². The summed E-state index contributed by atoms with van der Waals surface area (Å²) < 4.78 is 6.94. The van der Waals surface area contributed by atoms with Gasteiger partial charge in [0.1, 0.15) is 12.7 Å². The molecular weight excluding hydrogens is 346 g/mol. The van der Waals surface area contributed by atoms with Gasteiger partial charge in [0.25, 0.3) is 0 Å². The molecule has 2 amide bonds. The number of para-hydroxylation sites is 1. The van der Waals surface area contributed by atoms with Crippen LogP contribution in [0.25, 0.3) is 5.69 Å². The average Bonchev–Trinajstić information content (AvgIpc) is 3.20. The number of aromatic nitrogens is 5. The zero-order valence-electron chi connectivity index (χ0n) is 15.1. The Morgan fingerprint density at radius 3 is 2.96 bits per heavy atom. The normalized spacial score (nSPS) is 13.5. The van der Waals surface area contributed by atoms with E-state index < -0.39 is 0 Å². The van der Waals surface area contributed by atoms with Gasteiger partial charge >= 0.3 is 6.03 Å². The summed E-state index contributed by atoms with van der Waals surface area (Å²) in [5, 5.41) is 11.1. The third-order valence-electron chi connectivity index (χ3n) is 4.50. The van der Waals surface area contributed by atoms with E-state index in [1.807, 2.05) is 31.2 Å². The third kappa shape index (κ3) is 3.97. The maximum absolute atomic E-state index is 12.6. The molecule has 4 rings (SSSR count). The molecule has 1 aliphatic rings. The van der Waals surface area contributed by atoms with E-state index in [9.17, 15) is 4.79 Å². The summed E-state index contributed by atoms with van der Waals surface area (Å²) in [6, 6.07) is 7.57. The lowest BCUT2D eigenvalue weighted by Gasteiger charge is -2.20. The fourth-order valence-corrected chi connectivity index (χ4v) is 2.82. The number of amides is 2. The highest BCUT2D eigenvalue weighted by Crippen LogP contribution is 2.38. The van der Waals surface area contributed by atoms with Crippen LogP contribution in [0.5, 0.6) is 0 Å². The lowest BCUT2D eigenvalue weighted by molar-refractivity contribution is 0.195. The molecule has 1 N–H and O–H groups in total. The van der Waals surface area contributed by atoms with Gasteiger partial charge in [-0.05, 0) is 31.4 Å². The summed E-state index contributed by atoms with van der Waals surface area (Å²) in [6.45, 7) is 3.17. The Bertz CT molecular complexity index is 902. The van der Waals surface area contributed by atoms with E-state index in [-0.39, 0.29) is 6.03 Å². The van der Waals surface area contributed by atoms with E-state index in [1.165, 1.54) is 6.33 Å². The number of hydrogen-bond acceptors (Lipinski definition) is 6. The molecule has 0 bridgehead atoms. The number of nitrogens with zero attached hydrogens (tertiary/aromatic N) is 6. The zero-order chi connectivity index (χ0) is 18.6. The molecule has 0 atom stereocenters. The van der Waals surface area contributed by atoms with Gasteiger partial charge in [0.05, 0.1) is 12.2 Å². The number of carbonyl (C=O) groups is 1. The van der Waals surface area contributed by atoms with Crippen molar-refractivity contribution in [3.63, 3.8) is 0 Å². The molecule has 1 aliphatic carbocycles. The van der Waals surface area contributed by atoms with Crippen molar-refractivity contribution in [2.45, 2.75) is 38.8 Å². The highest BCUT2D eigenvalue weighted by molar-refractivity contribution is 5.74. The van der Waals surface area contributed by atoms with Gasteiger partial charge < -0.3 is 14.7 Å².